The summed E-state index contributed by atoms with van der Waals surface area (Å²) in [6.07, 6.45) is 9.44. The summed E-state index contributed by atoms with van der Waals surface area (Å²) >= 11 is 0. The average Bonchev–Trinajstić information content (AvgIpc) is 3.36. The molecule has 0 aliphatic heterocycles. The zero-order valence-corrected chi connectivity index (χ0v) is 24.9. The smallest absolute Gasteiger partial charge is 0.356 e. The fourth-order valence-electron chi connectivity index (χ4n) is 4.32. The third-order valence-corrected chi connectivity index (χ3v) is 12.2. The number of methoxy groups -OCH3 is 1. The first-order valence-corrected chi connectivity index (χ1v) is 16.5. The quantitative estimate of drug-likeness (QED) is 0.205. The number of aromatic amines is 1. The van der Waals surface area contributed by atoms with Gasteiger partial charge in [-0.1, -0.05) is 57.2 Å². The highest BCUT2D eigenvalue weighted by molar-refractivity contribution is 6.74. The topological polar surface area (TPSA) is 73.4 Å². The zero-order valence-electron chi connectivity index (χ0n) is 23.9. The van der Waals surface area contributed by atoms with Crippen LogP contribution in [-0.4, -0.2) is 38.0 Å². The SMILES string of the molecule is COC(=O)c1[nH]c(C(CCO[Si](C)(C)C(C)(C)C)C2=CCCC=C2)nc1-c1ccc(Oc2ccccc2)cc1. The van der Waals surface area contributed by atoms with E-state index in [0.29, 0.717) is 23.7 Å². The molecule has 0 radical (unpaired) electrons. The van der Waals surface area contributed by atoms with E-state index in [1.165, 1.54) is 12.7 Å². The molecule has 1 aliphatic carbocycles. The molecule has 1 unspecified atom stereocenters. The summed E-state index contributed by atoms with van der Waals surface area (Å²) in [4.78, 5) is 21.1. The molecule has 0 saturated carbocycles. The van der Waals surface area contributed by atoms with Gasteiger partial charge in [0.15, 0.2) is 14.0 Å². The Bertz CT molecular complexity index is 1320. The first kappa shape index (κ1) is 28.6. The van der Waals surface area contributed by atoms with E-state index in [2.05, 4.69) is 57.1 Å². The Labute approximate surface area is 233 Å². The van der Waals surface area contributed by atoms with Crippen LogP contribution in [0.15, 0.2) is 78.4 Å². The van der Waals surface area contributed by atoms with Gasteiger partial charge in [0.1, 0.15) is 23.0 Å². The Morgan fingerprint density at radius 1 is 1.03 bits per heavy atom. The van der Waals surface area contributed by atoms with Crippen molar-refractivity contribution in [2.45, 2.75) is 64.1 Å². The number of carbonyl (C=O) groups is 1. The molecule has 1 aliphatic rings. The molecule has 39 heavy (non-hydrogen) atoms. The number of rotatable bonds is 10. The predicted octanol–water partition coefficient (Wildman–Crippen LogP) is 8.43. The van der Waals surface area contributed by atoms with Crippen molar-refractivity contribution in [2.24, 2.45) is 0 Å². The molecule has 3 aromatic rings. The van der Waals surface area contributed by atoms with Gasteiger partial charge in [-0.2, -0.15) is 0 Å². The van der Waals surface area contributed by atoms with Crippen molar-refractivity contribution in [3.63, 3.8) is 0 Å². The maximum atomic E-state index is 12.8. The van der Waals surface area contributed by atoms with Gasteiger partial charge < -0.3 is 18.9 Å². The van der Waals surface area contributed by atoms with Crippen LogP contribution in [0.4, 0.5) is 0 Å². The summed E-state index contributed by atoms with van der Waals surface area (Å²) in [6, 6.07) is 17.2. The number of para-hydroxylation sites is 1. The van der Waals surface area contributed by atoms with E-state index in [1.807, 2.05) is 54.6 Å². The van der Waals surface area contributed by atoms with Gasteiger partial charge >= 0.3 is 5.97 Å². The molecule has 0 fully saturated rings. The Morgan fingerprint density at radius 2 is 1.72 bits per heavy atom. The van der Waals surface area contributed by atoms with Crippen molar-refractivity contribution in [3.05, 3.63) is 89.9 Å². The highest BCUT2D eigenvalue weighted by Crippen LogP contribution is 2.38. The summed E-state index contributed by atoms with van der Waals surface area (Å²) in [5.41, 5.74) is 2.92. The van der Waals surface area contributed by atoms with Crippen molar-refractivity contribution in [1.82, 2.24) is 9.97 Å². The van der Waals surface area contributed by atoms with Crippen LogP contribution in [-0.2, 0) is 9.16 Å². The minimum absolute atomic E-state index is 0.0239. The number of nitrogens with one attached hydrogen (secondary N) is 1. The number of aromatic nitrogens is 2. The predicted molar refractivity (Wildman–Crippen MR) is 159 cm³/mol. The normalized spacial score (nSPS) is 14.6. The molecule has 6 nitrogen and oxygen atoms in total. The maximum Gasteiger partial charge on any atom is 0.356 e. The molecule has 0 spiro atoms. The molecule has 0 bridgehead atoms. The van der Waals surface area contributed by atoms with Crippen LogP contribution < -0.4 is 4.74 Å². The van der Waals surface area contributed by atoms with Crippen molar-refractivity contribution in [2.75, 3.05) is 13.7 Å². The van der Waals surface area contributed by atoms with Gasteiger partial charge in [-0.05, 0) is 79.4 Å². The van der Waals surface area contributed by atoms with Crippen LogP contribution >= 0.6 is 0 Å². The number of benzene rings is 2. The highest BCUT2D eigenvalue weighted by atomic mass is 28.4. The average molecular weight is 545 g/mol. The van der Waals surface area contributed by atoms with E-state index < -0.39 is 14.3 Å². The Kier molecular flexibility index (Phi) is 8.93. The lowest BCUT2D eigenvalue weighted by atomic mass is 9.91. The number of hydrogen-bond donors (Lipinski definition) is 1. The summed E-state index contributed by atoms with van der Waals surface area (Å²) in [5.74, 6) is 1.74. The number of hydrogen-bond acceptors (Lipinski definition) is 5. The van der Waals surface area contributed by atoms with Crippen molar-refractivity contribution in [1.29, 1.82) is 0 Å². The second-order valence-corrected chi connectivity index (χ2v) is 16.2. The number of ether oxygens (including phenoxy) is 2. The van der Waals surface area contributed by atoms with Gasteiger partial charge in [-0.25, -0.2) is 9.78 Å². The summed E-state index contributed by atoms with van der Waals surface area (Å²) < 4.78 is 17.6. The fourth-order valence-corrected chi connectivity index (χ4v) is 5.38. The summed E-state index contributed by atoms with van der Waals surface area (Å²) in [5, 5.41) is 0.138. The largest absolute Gasteiger partial charge is 0.464 e. The van der Waals surface area contributed by atoms with E-state index in [4.69, 9.17) is 18.9 Å². The lowest BCUT2D eigenvalue weighted by Gasteiger charge is -2.36. The van der Waals surface area contributed by atoms with Gasteiger partial charge in [-0.3, -0.25) is 0 Å². The van der Waals surface area contributed by atoms with Crippen LogP contribution in [0.3, 0.4) is 0 Å². The third kappa shape index (κ3) is 6.97. The van der Waals surface area contributed by atoms with E-state index in [9.17, 15) is 4.79 Å². The monoisotopic (exact) mass is 544 g/mol. The molecule has 0 saturated heterocycles. The first-order chi connectivity index (χ1) is 18.6. The molecule has 0 amide bonds. The lowest BCUT2D eigenvalue weighted by Crippen LogP contribution is -2.41. The van der Waals surface area contributed by atoms with Crippen LogP contribution in [0.2, 0.25) is 18.1 Å². The van der Waals surface area contributed by atoms with Gasteiger partial charge in [-0.15, -0.1) is 0 Å². The Balaban J connectivity index is 1.63. The number of nitrogens with zero attached hydrogens (tertiary/aromatic N) is 1. The van der Waals surface area contributed by atoms with Crippen LogP contribution in [0.5, 0.6) is 11.5 Å². The van der Waals surface area contributed by atoms with Gasteiger partial charge in [0, 0.05) is 18.1 Å². The number of allylic oxidation sites excluding steroid dienone is 4. The number of esters is 1. The zero-order chi connectivity index (χ0) is 28.0. The lowest BCUT2D eigenvalue weighted by molar-refractivity contribution is 0.0595. The number of carbonyl (C=O) groups excluding carboxylic acids is 1. The molecule has 1 aromatic heterocycles. The number of H-pyrrole nitrogens is 1. The molecule has 2 aromatic carbocycles. The van der Waals surface area contributed by atoms with E-state index in [1.54, 1.807) is 0 Å². The minimum Gasteiger partial charge on any atom is -0.464 e. The molecule has 1 atom stereocenters. The van der Waals surface area contributed by atoms with Gasteiger partial charge in [0.25, 0.3) is 0 Å². The van der Waals surface area contributed by atoms with E-state index >= 15 is 0 Å². The van der Waals surface area contributed by atoms with E-state index in [0.717, 1.165) is 36.4 Å². The van der Waals surface area contributed by atoms with Gasteiger partial charge in [0.05, 0.1) is 7.11 Å². The Morgan fingerprint density at radius 3 is 2.33 bits per heavy atom. The summed E-state index contributed by atoms with van der Waals surface area (Å²) in [6.45, 7) is 11.9. The van der Waals surface area contributed by atoms with Crippen molar-refractivity contribution < 1.29 is 18.7 Å². The van der Waals surface area contributed by atoms with Crippen molar-refractivity contribution in [3.8, 4) is 22.8 Å². The van der Waals surface area contributed by atoms with Crippen LogP contribution in [0.1, 0.15) is 62.3 Å². The molecular formula is C32H40N2O4Si. The molecule has 206 valence electrons. The van der Waals surface area contributed by atoms with Gasteiger partial charge in [0.2, 0.25) is 0 Å². The first-order valence-electron chi connectivity index (χ1n) is 13.6. The van der Waals surface area contributed by atoms with Crippen LogP contribution in [0.25, 0.3) is 11.3 Å². The standard InChI is InChI=1S/C32H40N2O4Si/c1-32(2,3)39(5,6)37-22-21-27(23-13-9-7-10-14-23)30-33-28(29(34-30)31(35)36-4)24-17-19-26(20-18-24)38-25-15-11-8-12-16-25/h8-9,11-20,27H,7,10,21-22H2,1-6H3,(H,33,34). The summed E-state index contributed by atoms with van der Waals surface area (Å²) in [7, 11) is -0.503. The second kappa shape index (κ2) is 12.2. The molecule has 4 rings (SSSR count). The minimum atomic E-state index is -1.89. The molecule has 1 heterocycles. The highest BCUT2D eigenvalue weighted by Gasteiger charge is 2.37. The number of imidazole rings is 1. The van der Waals surface area contributed by atoms with Crippen LogP contribution in [0, 0.1) is 0 Å². The van der Waals surface area contributed by atoms with E-state index in [-0.39, 0.29) is 11.0 Å². The maximum absolute atomic E-state index is 12.8. The molecule has 7 heteroatoms. The molecule has 1 N–H and O–H groups in total. The third-order valence-electron chi connectivity index (χ3n) is 7.65. The Hall–Kier alpha value is -3.42. The fraction of sp³-hybridized carbons (Fsp3) is 0.375. The second-order valence-electron chi connectivity index (χ2n) is 11.4. The molecular weight excluding hydrogens is 504 g/mol. The van der Waals surface area contributed by atoms with Crippen molar-refractivity contribution >= 4 is 14.3 Å².